The molecule has 4 rings (SSSR count). The normalized spacial score (nSPS) is 18.5. The molecule has 0 radical (unpaired) electrons. The van der Waals surface area contributed by atoms with E-state index in [9.17, 15) is 9.59 Å². The lowest BCUT2D eigenvalue weighted by Gasteiger charge is -2.28. The highest BCUT2D eigenvalue weighted by molar-refractivity contribution is 6.17. The van der Waals surface area contributed by atoms with E-state index in [1.54, 1.807) is 0 Å². The van der Waals surface area contributed by atoms with Crippen molar-refractivity contribution in [3.05, 3.63) is 77.4 Å². The third-order valence-electron chi connectivity index (χ3n) is 5.06. The number of nitrogens with one attached hydrogen (secondary N) is 1. The number of rotatable bonds is 4. The zero-order valence-electron chi connectivity index (χ0n) is 15.6. The minimum Gasteiger partial charge on any atom is -0.458 e. The van der Waals surface area contributed by atoms with Crippen LogP contribution < -0.4 is 10.2 Å². The van der Waals surface area contributed by atoms with E-state index in [1.165, 1.54) is 6.08 Å². The van der Waals surface area contributed by atoms with Crippen LogP contribution in [0.15, 0.2) is 71.2 Å². The first kappa shape index (κ1) is 18.0. The first-order valence-electron chi connectivity index (χ1n) is 9.22. The Morgan fingerprint density at radius 1 is 1.18 bits per heavy atom. The number of aliphatic imine (C=N–C) groups is 1. The van der Waals surface area contributed by atoms with E-state index in [1.807, 2.05) is 37.4 Å². The predicted octanol–water partition coefficient (Wildman–Crippen LogP) is 1.94. The maximum atomic E-state index is 12.3. The summed E-state index contributed by atoms with van der Waals surface area (Å²) in [6, 6.07) is 18.2. The lowest BCUT2D eigenvalue weighted by atomic mass is 10.0. The molecular formula is C22H21N3O3. The number of cyclic esters (lactones) is 1. The molecule has 28 heavy (non-hydrogen) atoms. The van der Waals surface area contributed by atoms with E-state index in [4.69, 9.17) is 9.73 Å². The number of likely N-dealkylation sites (N-methyl/N-ethyl adjacent to an activating group) is 1. The van der Waals surface area contributed by atoms with Crippen molar-refractivity contribution in [3.8, 4) is 0 Å². The summed E-state index contributed by atoms with van der Waals surface area (Å²) in [5.41, 5.74) is 4.20. The number of nitrogens with zero attached hydrogens (tertiary/aromatic N) is 2. The van der Waals surface area contributed by atoms with Gasteiger partial charge in [-0.05, 0) is 12.1 Å². The van der Waals surface area contributed by atoms with Crippen molar-refractivity contribution in [2.45, 2.75) is 6.04 Å². The molecule has 2 aliphatic rings. The van der Waals surface area contributed by atoms with Gasteiger partial charge in [-0.2, -0.15) is 0 Å². The van der Waals surface area contributed by atoms with Gasteiger partial charge in [-0.25, -0.2) is 4.79 Å². The van der Waals surface area contributed by atoms with Gasteiger partial charge in [0.05, 0.1) is 18.3 Å². The summed E-state index contributed by atoms with van der Waals surface area (Å²) in [5.74, 6) is -0.970. The average molecular weight is 375 g/mol. The maximum Gasteiger partial charge on any atom is 0.343 e. The standard InChI is InChI=1S/C22H21N3O3/c1-25-16(14-24-21(26)18-11-12-28-22(18)27)13-23-20(15-7-3-2-4-8-15)17-9-5-6-10-19(17)25/h2-11,16H,12-14H2,1H3,(H,24,26). The van der Waals surface area contributed by atoms with Crippen LogP contribution in [0.1, 0.15) is 11.1 Å². The zero-order valence-corrected chi connectivity index (χ0v) is 15.6. The highest BCUT2D eigenvalue weighted by atomic mass is 16.5. The Morgan fingerprint density at radius 2 is 1.93 bits per heavy atom. The second-order valence-electron chi connectivity index (χ2n) is 6.76. The van der Waals surface area contributed by atoms with Gasteiger partial charge in [-0.1, -0.05) is 48.5 Å². The predicted molar refractivity (Wildman–Crippen MR) is 108 cm³/mol. The minimum atomic E-state index is -0.568. The lowest BCUT2D eigenvalue weighted by molar-refractivity contribution is -0.137. The molecule has 0 saturated carbocycles. The van der Waals surface area contributed by atoms with E-state index in [0.29, 0.717) is 13.1 Å². The summed E-state index contributed by atoms with van der Waals surface area (Å²) in [6.07, 6.45) is 1.51. The second-order valence-corrected chi connectivity index (χ2v) is 6.76. The number of carbonyl (C=O) groups is 2. The number of para-hydroxylation sites is 1. The van der Waals surface area contributed by atoms with Gasteiger partial charge >= 0.3 is 5.97 Å². The molecule has 0 aliphatic carbocycles. The average Bonchev–Trinajstić information content (AvgIpc) is 3.10. The third-order valence-corrected chi connectivity index (χ3v) is 5.06. The molecule has 1 unspecified atom stereocenters. The molecule has 2 aromatic rings. The Morgan fingerprint density at radius 3 is 2.68 bits per heavy atom. The number of esters is 1. The van der Waals surface area contributed by atoms with E-state index < -0.39 is 11.9 Å². The van der Waals surface area contributed by atoms with Gasteiger partial charge in [0.2, 0.25) is 0 Å². The summed E-state index contributed by atoms with van der Waals surface area (Å²) in [5, 5.41) is 2.85. The number of benzene rings is 2. The number of carbonyl (C=O) groups excluding carboxylic acids is 2. The van der Waals surface area contributed by atoms with Gasteiger partial charge in [0, 0.05) is 30.4 Å². The van der Waals surface area contributed by atoms with Gasteiger partial charge in [-0.3, -0.25) is 9.79 Å². The molecule has 0 fully saturated rings. The molecule has 2 heterocycles. The molecule has 0 bridgehead atoms. The fourth-order valence-electron chi connectivity index (χ4n) is 3.48. The zero-order chi connectivity index (χ0) is 19.5. The van der Waals surface area contributed by atoms with Gasteiger partial charge < -0.3 is 15.0 Å². The topological polar surface area (TPSA) is 71.0 Å². The van der Waals surface area contributed by atoms with Crippen molar-refractivity contribution in [1.82, 2.24) is 5.32 Å². The molecule has 1 N–H and O–H groups in total. The Hall–Kier alpha value is -3.41. The number of hydrogen-bond acceptors (Lipinski definition) is 5. The Bertz CT molecular complexity index is 966. The molecule has 0 aromatic heterocycles. The van der Waals surface area contributed by atoms with Crippen LogP contribution in [-0.4, -0.2) is 50.4 Å². The van der Waals surface area contributed by atoms with Crippen LogP contribution in [0.2, 0.25) is 0 Å². The molecule has 0 spiro atoms. The van der Waals surface area contributed by atoms with Crippen molar-refractivity contribution < 1.29 is 14.3 Å². The van der Waals surface area contributed by atoms with Crippen LogP contribution in [0, 0.1) is 0 Å². The molecule has 2 aromatic carbocycles. The van der Waals surface area contributed by atoms with E-state index in [0.717, 1.165) is 22.5 Å². The molecule has 6 nitrogen and oxygen atoms in total. The molecule has 1 atom stereocenters. The third kappa shape index (κ3) is 3.41. The van der Waals surface area contributed by atoms with Crippen molar-refractivity contribution in [2.24, 2.45) is 4.99 Å². The van der Waals surface area contributed by atoms with E-state index >= 15 is 0 Å². The summed E-state index contributed by atoms with van der Waals surface area (Å²) in [7, 11) is 2.00. The Kier molecular flexibility index (Phi) is 4.93. The van der Waals surface area contributed by atoms with Crippen LogP contribution in [0.25, 0.3) is 0 Å². The van der Waals surface area contributed by atoms with Crippen LogP contribution in [0.5, 0.6) is 0 Å². The highest BCUT2D eigenvalue weighted by Crippen LogP contribution is 2.27. The number of ether oxygens (including phenoxy) is 1. The summed E-state index contributed by atoms with van der Waals surface area (Å²) in [4.78, 5) is 30.9. The van der Waals surface area contributed by atoms with Crippen molar-refractivity contribution in [3.63, 3.8) is 0 Å². The maximum absolute atomic E-state index is 12.3. The van der Waals surface area contributed by atoms with Crippen LogP contribution in [0.4, 0.5) is 5.69 Å². The largest absolute Gasteiger partial charge is 0.458 e. The molecule has 142 valence electrons. The van der Waals surface area contributed by atoms with Crippen LogP contribution >= 0.6 is 0 Å². The van der Waals surface area contributed by atoms with Crippen molar-refractivity contribution in [2.75, 3.05) is 31.6 Å². The molecule has 6 heteroatoms. The quantitative estimate of drug-likeness (QED) is 0.655. The second kappa shape index (κ2) is 7.68. The molecular weight excluding hydrogens is 354 g/mol. The first-order valence-corrected chi connectivity index (χ1v) is 9.22. The Balaban J connectivity index is 1.58. The van der Waals surface area contributed by atoms with Crippen LogP contribution in [-0.2, 0) is 14.3 Å². The fraction of sp³-hybridized carbons (Fsp3) is 0.227. The highest BCUT2D eigenvalue weighted by Gasteiger charge is 2.27. The Labute approximate surface area is 163 Å². The monoisotopic (exact) mass is 375 g/mol. The molecule has 2 aliphatic heterocycles. The van der Waals surface area contributed by atoms with Crippen molar-refractivity contribution >= 4 is 23.3 Å². The van der Waals surface area contributed by atoms with E-state index in [2.05, 4.69) is 34.5 Å². The first-order chi connectivity index (χ1) is 13.6. The SMILES string of the molecule is CN1c2ccccc2C(c2ccccc2)=NCC1CNC(=O)C1=CCOC1=O. The fourth-order valence-corrected chi connectivity index (χ4v) is 3.48. The number of amides is 1. The number of hydrogen-bond donors (Lipinski definition) is 1. The molecule has 1 amide bonds. The van der Waals surface area contributed by atoms with Gasteiger partial charge in [-0.15, -0.1) is 0 Å². The van der Waals surface area contributed by atoms with Gasteiger partial charge in [0.25, 0.3) is 5.91 Å². The number of fused-ring (bicyclic) bond motifs is 1. The molecule has 0 saturated heterocycles. The summed E-state index contributed by atoms with van der Waals surface area (Å²) in [6.45, 7) is 1.06. The van der Waals surface area contributed by atoms with Gasteiger partial charge in [0.15, 0.2) is 0 Å². The van der Waals surface area contributed by atoms with E-state index in [-0.39, 0.29) is 18.2 Å². The minimum absolute atomic E-state index is 0.0377. The van der Waals surface area contributed by atoms with Gasteiger partial charge in [0.1, 0.15) is 12.2 Å². The van der Waals surface area contributed by atoms with Crippen molar-refractivity contribution in [1.29, 1.82) is 0 Å². The summed E-state index contributed by atoms with van der Waals surface area (Å²) >= 11 is 0. The number of anilines is 1. The smallest absolute Gasteiger partial charge is 0.343 e. The number of benzodiazepines with no additional fused rings is 1. The van der Waals surface area contributed by atoms with Crippen LogP contribution in [0.3, 0.4) is 0 Å². The lowest BCUT2D eigenvalue weighted by Crippen LogP contribution is -2.44. The summed E-state index contributed by atoms with van der Waals surface area (Å²) < 4.78 is 4.80.